The number of carbonyl (C=O) groups is 1. The van der Waals surface area contributed by atoms with Gasteiger partial charge in [-0.1, -0.05) is 74.2 Å². The number of hydrogen-bond acceptors (Lipinski definition) is 8. The fourth-order valence-corrected chi connectivity index (χ4v) is 7.25. The van der Waals surface area contributed by atoms with Crippen molar-refractivity contribution in [2.24, 2.45) is 10.3 Å². The molecule has 0 aromatic heterocycles. The van der Waals surface area contributed by atoms with Crippen LogP contribution in [0.2, 0.25) is 0 Å². The van der Waals surface area contributed by atoms with Crippen molar-refractivity contribution >= 4 is 21.4 Å². The number of phenols is 1. The van der Waals surface area contributed by atoms with Crippen molar-refractivity contribution in [1.29, 1.82) is 0 Å². The van der Waals surface area contributed by atoms with Crippen LogP contribution >= 0.6 is 0 Å². The van der Waals surface area contributed by atoms with E-state index in [2.05, 4.69) is 28.7 Å². The van der Waals surface area contributed by atoms with Crippen molar-refractivity contribution < 1.29 is 40.6 Å². The first kappa shape index (κ1) is 38.6. The van der Waals surface area contributed by atoms with Gasteiger partial charge < -0.3 is 27.6 Å². The van der Waals surface area contributed by atoms with Crippen LogP contribution in [0.25, 0.3) is 0 Å². The lowest BCUT2D eigenvalue weighted by Crippen LogP contribution is -3.08. The van der Waals surface area contributed by atoms with Crippen molar-refractivity contribution in [3.8, 4) is 11.5 Å². The molecular weight excluding hydrogens is 674 g/mol. The molecule has 3 aromatic rings. The molecule has 268 valence electrons. The van der Waals surface area contributed by atoms with E-state index in [9.17, 15) is 18.3 Å². The van der Waals surface area contributed by atoms with E-state index in [1.165, 1.54) is 74.1 Å². The van der Waals surface area contributed by atoms with Gasteiger partial charge in [-0.05, 0) is 98.3 Å². The second kappa shape index (κ2) is 18.7. The number of anilines is 1. The number of fused-ring (bicyclic) bond motifs is 1. The molecule has 0 saturated heterocycles. The van der Waals surface area contributed by atoms with E-state index in [0.717, 1.165) is 55.0 Å². The highest BCUT2D eigenvalue weighted by Crippen LogP contribution is 2.26. The number of carbonyl (C=O) groups excluding carboxylic acids is 1. The molecule has 1 amide bonds. The van der Waals surface area contributed by atoms with Gasteiger partial charge in [-0.3, -0.25) is 4.79 Å². The minimum atomic E-state index is -3.77. The molecule has 0 bridgehead atoms. The van der Waals surface area contributed by atoms with E-state index < -0.39 is 15.9 Å². The number of nitrogens with one attached hydrogen (secondary N) is 2. The van der Waals surface area contributed by atoms with Crippen LogP contribution in [-0.4, -0.2) is 37.6 Å². The molecule has 2 aliphatic heterocycles. The summed E-state index contributed by atoms with van der Waals surface area (Å²) in [7, 11) is -1.80. The smallest absolute Gasteiger partial charge is 0.265 e. The highest BCUT2D eigenvalue weighted by Gasteiger charge is 2.32. The van der Waals surface area contributed by atoms with Gasteiger partial charge in [0.2, 0.25) is 15.5 Å². The average molecular weight is 722 g/mol. The van der Waals surface area contributed by atoms with E-state index in [0.29, 0.717) is 17.9 Å². The highest BCUT2D eigenvalue weighted by atomic mass is 35.5. The van der Waals surface area contributed by atoms with Crippen LogP contribution in [0.15, 0.2) is 117 Å². The topological polar surface area (TPSA) is 125 Å². The van der Waals surface area contributed by atoms with Crippen LogP contribution < -0.4 is 27.6 Å². The summed E-state index contributed by atoms with van der Waals surface area (Å²) in [6.45, 7) is 2.21. The predicted octanol–water partition coefficient (Wildman–Crippen LogP) is 4.32. The Kier molecular flexibility index (Phi) is 14.4. The Morgan fingerprint density at radius 3 is 2.14 bits per heavy atom. The lowest BCUT2D eigenvalue weighted by Gasteiger charge is -2.19. The van der Waals surface area contributed by atoms with Crippen LogP contribution in [0.5, 0.6) is 11.5 Å². The van der Waals surface area contributed by atoms with Crippen molar-refractivity contribution in [2.75, 3.05) is 12.4 Å². The first-order chi connectivity index (χ1) is 23.7. The van der Waals surface area contributed by atoms with Crippen LogP contribution in [-0.2, 0) is 21.1 Å². The van der Waals surface area contributed by atoms with Gasteiger partial charge in [0.15, 0.2) is 6.10 Å². The molecule has 0 saturated carbocycles. The second-order valence-corrected chi connectivity index (χ2v) is 14.6. The summed E-state index contributed by atoms with van der Waals surface area (Å²) in [6.07, 6.45) is 15.7. The summed E-state index contributed by atoms with van der Waals surface area (Å²) in [6, 6.07) is 19.5. The van der Waals surface area contributed by atoms with Gasteiger partial charge in [-0.2, -0.15) is 0 Å². The summed E-state index contributed by atoms with van der Waals surface area (Å²) in [5, 5.41) is 24.1. The summed E-state index contributed by atoms with van der Waals surface area (Å²) in [5.74, 6) is 0.175. The molecule has 2 atom stereocenters. The molecule has 0 fully saturated rings. The molecule has 5 rings (SSSR count). The lowest BCUT2D eigenvalue weighted by molar-refractivity contribution is -0.970. The quantitative estimate of drug-likeness (QED) is 0.159. The monoisotopic (exact) mass is 721 g/mol. The molecule has 0 spiro atoms. The van der Waals surface area contributed by atoms with Gasteiger partial charge in [0.1, 0.15) is 17.2 Å². The number of nitrogens with zero attached hydrogens (tertiary/aromatic N) is 3. The number of hydrogen-bond donors (Lipinski definition) is 3. The Morgan fingerprint density at radius 1 is 0.860 bits per heavy atom. The SMILES string of the molecule is CCCCCCCCCCC(Oc1ccc(S(=O)(=O)c2ccc(O)cc2)cc1)C(=O)Nc1ccc(CCCC2=C3C=CN(C)[NH+]3N=N2)cc1.[Cl-]. The Labute approximate surface area is 302 Å². The average Bonchev–Trinajstić information content (AvgIpc) is 3.69. The molecular formula is C38H48ClN5O5S. The Balaban J connectivity index is 0.00000562. The van der Waals surface area contributed by atoms with E-state index >= 15 is 0 Å². The summed E-state index contributed by atoms with van der Waals surface area (Å²) in [4.78, 5) is 13.7. The van der Waals surface area contributed by atoms with Crippen molar-refractivity contribution in [3.63, 3.8) is 0 Å². The van der Waals surface area contributed by atoms with E-state index in [4.69, 9.17) is 4.74 Å². The van der Waals surface area contributed by atoms with Gasteiger partial charge in [0.05, 0.1) is 28.3 Å². The zero-order valence-corrected chi connectivity index (χ0v) is 30.4. The maximum atomic E-state index is 13.5. The van der Waals surface area contributed by atoms with Crippen LogP contribution in [0, 0.1) is 0 Å². The molecule has 0 radical (unpaired) electrons. The fraction of sp³-hybridized carbons (Fsp3) is 0.395. The van der Waals surface area contributed by atoms with Crippen molar-refractivity contribution in [3.05, 3.63) is 102 Å². The number of amides is 1. The predicted molar refractivity (Wildman–Crippen MR) is 189 cm³/mol. The van der Waals surface area contributed by atoms with Crippen LogP contribution in [0.4, 0.5) is 5.69 Å². The summed E-state index contributed by atoms with van der Waals surface area (Å²) >= 11 is 0. The fourth-order valence-electron chi connectivity index (χ4n) is 5.98. The second-order valence-electron chi connectivity index (χ2n) is 12.7. The number of unbranched alkanes of at least 4 members (excludes halogenated alkanes) is 7. The molecule has 2 aliphatic rings. The summed E-state index contributed by atoms with van der Waals surface area (Å²) < 4.78 is 32.3. The molecule has 3 N–H and O–H groups in total. The van der Waals surface area contributed by atoms with Crippen LogP contribution in [0.1, 0.15) is 83.1 Å². The Hall–Kier alpha value is -4.19. The molecule has 2 heterocycles. The Morgan fingerprint density at radius 2 is 1.48 bits per heavy atom. The van der Waals surface area contributed by atoms with E-state index in [1.807, 2.05) is 42.5 Å². The van der Waals surface area contributed by atoms with Crippen molar-refractivity contribution in [2.45, 2.75) is 99.9 Å². The first-order valence-electron chi connectivity index (χ1n) is 17.4. The number of phenolic OH excluding ortho intramolecular Hbond substituents is 1. The number of aryl methyl sites for hydroxylation is 1. The van der Waals surface area contributed by atoms with Gasteiger partial charge in [0, 0.05) is 11.8 Å². The number of aromatic hydroxyl groups is 1. The minimum absolute atomic E-state index is 0. The van der Waals surface area contributed by atoms with Gasteiger partial charge in [0.25, 0.3) is 5.91 Å². The third kappa shape index (κ3) is 10.4. The maximum Gasteiger partial charge on any atom is 0.265 e. The van der Waals surface area contributed by atoms with Gasteiger partial charge in [-0.25, -0.2) is 13.4 Å². The van der Waals surface area contributed by atoms with Crippen LogP contribution in [0.3, 0.4) is 0 Å². The number of quaternary nitrogens is 1. The Bertz CT molecular complexity index is 1740. The number of benzene rings is 3. The minimum Gasteiger partial charge on any atom is -1.00 e. The maximum absolute atomic E-state index is 13.5. The first-order valence-corrected chi connectivity index (χ1v) is 18.9. The molecule has 10 nitrogen and oxygen atoms in total. The van der Waals surface area contributed by atoms with E-state index in [1.54, 1.807) is 12.1 Å². The number of halogens is 1. The molecule has 3 aromatic carbocycles. The van der Waals surface area contributed by atoms with E-state index in [-0.39, 0.29) is 33.9 Å². The number of rotatable bonds is 19. The normalized spacial score (nSPS) is 15.6. The third-order valence-corrected chi connectivity index (χ3v) is 10.7. The molecule has 0 aliphatic carbocycles. The van der Waals surface area contributed by atoms with Gasteiger partial charge in [-0.15, -0.1) is 0 Å². The molecule has 12 heteroatoms. The lowest BCUT2D eigenvalue weighted by atomic mass is 10.0. The number of ether oxygens (including phenoxy) is 1. The largest absolute Gasteiger partial charge is 1.00 e. The molecule has 50 heavy (non-hydrogen) atoms. The third-order valence-electron chi connectivity index (χ3n) is 8.89. The number of sulfone groups is 1. The zero-order chi connectivity index (χ0) is 34.6. The van der Waals surface area contributed by atoms with Gasteiger partial charge >= 0.3 is 0 Å². The number of allylic oxidation sites excluding steroid dienone is 2. The standard InChI is InChI=1S/C38H47N5O5S.ClH/c1-3-4-5-6-7-8-9-10-14-37(48-32-21-25-34(26-22-32)49(46,47)33-23-19-31(44)20-24-33)38(45)39-30-17-15-29(16-18-30)12-11-13-35-36-27-28-42(2)43(36)41-40-35;/h15-28,37,44H,3-14H2,1-2H3,(H,39,45);1H. The van der Waals surface area contributed by atoms with Crippen molar-refractivity contribution in [1.82, 2.24) is 5.01 Å². The molecule has 2 unspecified atom stereocenters. The zero-order valence-electron chi connectivity index (χ0n) is 28.9. The highest BCUT2D eigenvalue weighted by molar-refractivity contribution is 7.91. The summed E-state index contributed by atoms with van der Waals surface area (Å²) in [5.41, 5.74) is 4.01.